The molecule has 1 aromatic rings. The first-order chi connectivity index (χ1) is 9.92. The molecule has 0 atom stereocenters. The number of phenolic OH excluding ortho intramolecular Hbond substituents is 1. The van der Waals surface area contributed by atoms with E-state index in [1.807, 2.05) is 0 Å². The molecule has 1 fully saturated rings. The highest BCUT2D eigenvalue weighted by atomic mass is 32.2. The van der Waals surface area contributed by atoms with Crippen LogP contribution in [0.5, 0.6) is 11.5 Å². The molecule has 9 heteroatoms. The minimum Gasteiger partial charge on any atom is -0.504 e. The molecule has 0 bridgehead atoms. The van der Waals surface area contributed by atoms with Crippen LogP contribution in [-0.2, 0) is 4.79 Å². The van der Waals surface area contributed by atoms with Gasteiger partial charge in [0.15, 0.2) is 11.5 Å². The second kappa shape index (κ2) is 5.83. The predicted octanol–water partition coefficient (Wildman–Crippen LogP) is 2.02. The Kier molecular flexibility index (Phi) is 4.13. The number of non-ortho nitro benzene ring substituents is 1. The van der Waals surface area contributed by atoms with Gasteiger partial charge < -0.3 is 9.84 Å². The fraction of sp³-hybridized carbons (Fsp3) is 0.167. The van der Waals surface area contributed by atoms with Gasteiger partial charge in [0, 0.05) is 11.6 Å². The lowest BCUT2D eigenvalue weighted by atomic mass is 10.1. The molecule has 1 aliphatic heterocycles. The molecule has 1 saturated heterocycles. The van der Waals surface area contributed by atoms with Crippen molar-refractivity contribution in [1.82, 2.24) is 5.32 Å². The van der Waals surface area contributed by atoms with Gasteiger partial charge >= 0.3 is 0 Å². The molecule has 0 aliphatic carbocycles. The number of phenols is 1. The van der Waals surface area contributed by atoms with Crippen LogP contribution in [0, 0.1) is 10.1 Å². The van der Waals surface area contributed by atoms with E-state index in [0.717, 1.165) is 12.1 Å². The topological polar surface area (TPSA) is 119 Å². The van der Waals surface area contributed by atoms with E-state index in [9.17, 15) is 24.8 Å². The molecule has 8 nitrogen and oxygen atoms in total. The Balaban J connectivity index is 2.52. The minimum absolute atomic E-state index is 0.0278. The highest BCUT2D eigenvalue weighted by Crippen LogP contribution is 2.37. The molecule has 110 valence electrons. The monoisotopic (exact) mass is 310 g/mol. The number of nitrogens with zero attached hydrogens (tertiary/aromatic N) is 1. The SMILES string of the molecule is CCOc1cc([N+](=O)[O-])cc(/C=C2/SC(=O)NC2=O)c1O. The summed E-state index contributed by atoms with van der Waals surface area (Å²) in [6.07, 6.45) is 1.20. The molecule has 0 saturated carbocycles. The van der Waals surface area contributed by atoms with Gasteiger partial charge in [-0.3, -0.25) is 25.0 Å². The molecule has 0 unspecified atom stereocenters. The number of amides is 2. The van der Waals surface area contributed by atoms with Gasteiger partial charge in [0.1, 0.15) is 0 Å². The largest absolute Gasteiger partial charge is 0.504 e. The van der Waals surface area contributed by atoms with E-state index in [4.69, 9.17) is 4.74 Å². The van der Waals surface area contributed by atoms with E-state index in [0.29, 0.717) is 11.8 Å². The van der Waals surface area contributed by atoms with Crippen LogP contribution in [-0.4, -0.2) is 27.8 Å². The highest BCUT2D eigenvalue weighted by molar-refractivity contribution is 8.18. The number of nitro groups is 1. The van der Waals surface area contributed by atoms with Crippen molar-refractivity contribution in [2.75, 3.05) is 6.61 Å². The predicted molar refractivity (Wildman–Crippen MR) is 75.0 cm³/mol. The summed E-state index contributed by atoms with van der Waals surface area (Å²) in [5, 5.41) is 22.4. The number of ether oxygens (including phenoxy) is 1. The van der Waals surface area contributed by atoms with E-state index in [1.54, 1.807) is 6.92 Å². The first kappa shape index (κ1) is 14.9. The summed E-state index contributed by atoms with van der Waals surface area (Å²) in [5.41, 5.74) is -0.266. The number of hydrogen-bond donors (Lipinski definition) is 2. The van der Waals surface area contributed by atoms with Crippen LogP contribution in [0.3, 0.4) is 0 Å². The molecule has 1 aromatic carbocycles. The fourth-order valence-electron chi connectivity index (χ4n) is 1.66. The van der Waals surface area contributed by atoms with Crippen molar-refractivity contribution >= 4 is 34.7 Å². The number of nitrogens with one attached hydrogen (secondary N) is 1. The van der Waals surface area contributed by atoms with Crippen LogP contribution < -0.4 is 10.1 Å². The molecule has 2 amide bonds. The molecule has 2 N–H and O–H groups in total. The van der Waals surface area contributed by atoms with Gasteiger partial charge in [0.05, 0.1) is 22.5 Å². The van der Waals surface area contributed by atoms with Crippen molar-refractivity contribution in [2.45, 2.75) is 6.92 Å². The third-order valence-corrected chi connectivity index (χ3v) is 3.34. The summed E-state index contributed by atoms with van der Waals surface area (Å²) in [6, 6.07) is 2.19. The number of carbonyl (C=O) groups is 2. The van der Waals surface area contributed by atoms with Crippen molar-refractivity contribution in [3.8, 4) is 11.5 Å². The Morgan fingerprint density at radius 3 is 2.71 bits per heavy atom. The first-order valence-electron chi connectivity index (χ1n) is 5.81. The Morgan fingerprint density at radius 1 is 1.48 bits per heavy atom. The van der Waals surface area contributed by atoms with Crippen molar-refractivity contribution in [1.29, 1.82) is 0 Å². The minimum atomic E-state index is -0.642. The quantitative estimate of drug-likeness (QED) is 0.496. The maximum Gasteiger partial charge on any atom is 0.290 e. The second-order valence-electron chi connectivity index (χ2n) is 3.92. The lowest BCUT2D eigenvalue weighted by Crippen LogP contribution is -2.17. The van der Waals surface area contributed by atoms with Crippen LogP contribution in [0.1, 0.15) is 12.5 Å². The molecule has 21 heavy (non-hydrogen) atoms. The summed E-state index contributed by atoms with van der Waals surface area (Å²) in [4.78, 5) is 32.8. The maximum absolute atomic E-state index is 11.5. The third-order valence-electron chi connectivity index (χ3n) is 2.53. The molecular weight excluding hydrogens is 300 g/mol. The number of rotatable bonds is 4. The van der Waals surface area contributed by atoms with Gasteiger partial charge in [0.2, 0.25) is 0 Å². The summed E-state index contributed by atoms with van der Waals surface area (Å²) >= 11 is 0.650. The standard InChI is InChI=1S/C12H10N2O6S/c1-2-20-8-5-7(14(18)19)3-6(10(8)15)4-9-11(16)13-12(17)21-9/h3-5,15H,2H2,1H3,(H,13,16,17)/b9-4+. The van der Waals surface area contributed by atoms with Crippen LogP contribution >= 0.6 is 11.8 Å². The average Bonchev–Trinajstić information content (AvgIpc) is 2.72. The number of thioether (sulfide) groups is 1. The number of benzene rings is 1. The lowest BCUT2D eigenvalue weighted by molar-refractivity contribution is -0.385. The molecule has 1 aliphatic rings. The van der Waals surface area contributed by atoms with Crippen molar-refractivity contribution in [2.24, 2.45) is 0 Å². The smallest absolute Gasteiger partial charge is 0.290 e. The highest BCUT2D eigenvalue weighted by Gasteiger charge is 2.26. The van der Waals surface area contributed by atoms with E-state index in [1.165, 1.54) is 6.08 Å². The Labute approximate surface area is 122 Å². The van der Waals surface area contributed by atoms with Gasteiger partial charge in [-0.1, -0.05) is 0 Å². The summed E-state index contributed by atoms with van der Waals surface area (Å²) in [5.74, 6) is -1.01. The number of hydrogen-bond acceptors (Lipinski definition) is 7. The average molecular weight is 310 g/mol. The summed E-state index contributed by atoms with van der Waals surface area (Å²) < 4.78 is 5.12. The normalized spacial score (nSPS) is 16.1. The van der Waals surface area contributed by atoms with Crippen LogP contribution in [0.2, 0.25) is 0 Å². The summed E-state index contributed by atoms with van der Waals surface area (Å²) in [6.45, 7) is 1.87. The van der Waals surface area contributed by atoms with Gasteiger partial charge in [-0.25, -0.2) is 0 Å². The Hall–Kier alpha value is -2.55. The van der Waals surface area contributed by atoms with Crippen LogP contribution in [0.25, 0.3) is 6.08 Å². The van der Waals surface area contributed by atoms with Gasteiger partial charge in [-0.15, -0.1) is 0 Å². The van der Waals surface area contributed by atoms with E-state index in [-0.39, 0.29) is 34.3 Å². The van der Waals surface area contributed by atoms with Crippen LogP contribution in [0.4, 0.5) is 10.5 Å². The van der Waals surface area contributed by atoms with Crippen molar-refractivity contribution in [3.63, 3.8) is 0 Å². The van der Waals surface area contributed by atoms with Crippen LogP contribution in [0.15, 0.2) is 17.0 Å². The number of nitro benzene ring substituents is 1. The zero-order valence-corrected chi connectivity index (χ0v) is 11.6. The molecule has 0 spiro atoms. The zero-order chi connectivity index (χ0) is 15.6. The number of imide groups is 1. The summed E-state index contributed by atoms with van der Waals surface area (Å²) in [7, 11) is 0. The number of aromatic hydroxyl groups is 1. The fourth-order valence-corrected chi connectivity index (χ4v) is 2.33. The molecule has 2 rings (SSSR count). The van der Waals surface area contributed by atoms with Gasteiger partial charge in [0.25, 0.3) is 16.8 Å². The van der Waals surface area contributed by atoms with Crippen molar-refractivity contribution in [3.05, 3.63) is 32.7 Å². The van der Waals surface area contributed by atoms with Crippen molar-refractivity contribution < 1.29 is 24.4 Å². The lowest BCUT2D eigenvalue weighted by Gasteiger charge is -2.08. The van der Waals surface area contributed by atoms with Gasteiger partial charge in [-0.2, -0.15) is 0 Å². The zero-order valence-electron chi connectivity index (χ0n) is 10.8. The molecule has 0 radical (unpaired) electrons. The Bertz CT molecular complexity index is 670. The third kappa shape index (κ3) is 3.14. The second-order valence-corrected chi connectivity index (χ2v) is 4.94. The van der Waals surface area contributed by atoms with E-state index >= 15 is 0 Å². The number of carbonyl (C=O) groups excluding carboxylic acids is 2. The molecular formula is C12H10N2O6S. The molecule has 0 aromatic heterocycles. The first-order valence-corrected chi connectivity index (χ1v) is 6.63. The van der Waals surface area contributed by atoms with E-state index in [2.05, 4.69) is 5.32 Å². The van der Waals surface area contributed by atoms with Gasteiger partial charge in [-0.05, 0) is 24.8 Å². The Morgan fingerprint density at radius 2 is 2.19 bits per heavy atom. The maximum atomic E-state index is 11.5. The molecule has 1 heterocycles. The van der Waals surface area contributed by atoms with E-state index < -0.39 is 16.1 Å².